The molecule has 7 rings (SSSR count). The molecule has 42 heavy (non-hydrogen) atoms. The minimum Gasteiger partial charge on any atom is -0.363 e. The third-order valence-electron chi connectivity index (χ3n) is 9.46. The topological polar surface area (TPSA) is 86.8 Å². The summed E-state index contributed by atoms with van der Waals surface area (Å²) in [6.07, 6.45) is 7.31. The van der Waals surface area contributed by atoms with Gasteiger partial charge in [-0.25, -0.2) is 23.1 Å². The highest BCUT2D eigenvalue weighted by Gasteiger charge is 2.47. The van der Waals surface area contributed by atoms with Gasteiger partial charge in [-0.3, -0.25) is 9.36 Å². The van der Waals surface area contributed by atoms with Crippen molar-refractivity contribution in [1.29, 1.82) is 5.26 Å². The van der Waals surface area contributed by atoms with E-state index >= 15 is 13.2 Å². The number of fused-ring (bicyclic) bond motifs is 9. The van der Waals surface area contributed by atoms with Gasteiger partial charge in [0.05, 0.1) is 28.5 Å². The summed E-state index contributed by atoms with van der Waals surface area (Å²) >= 11 is 0. The molecule has 1 saturated heterocycles. The first-order valence-corrected chi connectivity index (χ1v) is 15.2. The number of nitrogens with one attached hydrogen (secondary N) is 1. The lowest BCUT2D eigenvalue weighted by Crippen LogP contribution is -2.36. The number of nitrogens with zero attached hydrogens (tertiary/aromatic N) is 5. The molecular weight excluding hydrogens is 541 g/mol. The summed E-state index contributed by atoms with van der Waals surface area (Å²) in [4.78, 5) is 24.9. The highest BCUT2D eigenvalue weighted by molar-refractivity contribution is 5.87. The van der Waals surface area contributed by atoms with E-state index in [1.807, 2.05) is 0 Å². The van der Waals surface area contributed by atoms with Gasteiger partial charge >= 0.3 is 0 Å². The number of benzene rings is 1. The molecule has 0 spiro atoms. The summed E-state index contributed by atoms with van der Waals surface area (Å²) in [5.74, 6) is -3.98. The summed E-state index contributed by atoms with van der Waals surface area (Å²) in [5, 5.41) is 13.7. The second-order valence-corrected chi connectivity index (χ2v) is 12.4. The van der Waals surface area contributed by atoms with E-state index in [-0.39, 0.29) is 23.5 Å². The molecule has 1 aliphatic carbocycles. The summed E-state index contributed by atoms with van der Waals surface area (Å²) in [7, 11) is 0. The van der Waals surface area contributed by atoms with Crippen LogP contribution in [0.1, 0.15) is 87.4 Å². The van der Waals surface area contributed by atoms with Gasteiger partial charge in [0.1, 0.15) is 23.6 Å². The van der Waals surface area contributed by atoms with Crippen LogP contribution in [0.5, 0.6) is 0 Å². The average Bonchev–Trinajstić information content (AvgIpc) is 3.77. The fourth-order valence-electron chi connectivity index (χ4n) is 6.71. The molecule has 5 heterocycles. The number of hydrogen-bond donors (Lipinski definition) is 1. The summed E-state index contributed by atoms with van der Waals surface area (Å²) in [6, 6.07) is 7.52. The minimum atomic E-state index is -3.28. The van der Waals surface area contributed by atoms with Gasteiger partial charge in [-0.2, -0.15) is 5.26 Å². The monoisotopic (exact) mass is 578 g/mol. The second-order valence-electron chi connectivity index (χ2n) is 12.4. The molecule has 1 saturated carbocycles. The molecule has 2 aromatic heterocycles. The maximum absolute atomic E-state index is 15.8. The van der Waals surface area contributed by atoms with Crippen molar-refractivity contribution in [2.75, 3.05) is 25.0 Å². The largest absolute Gasteiger partial charge is 0.363 e. The third kappa shape index (κ3) is 5.39. The molecule has 7 nitrogen and oxygen atoms in total. The van der Waals surface area contributed by atoms with Crippen molar-refractivity contribution in [2.24, 2.45) is 5.92 Å². The van der Waals surface area contributed by atoms with E-state index in [0.717, 1.165) is 45.3 Å². The van der Waals surface area contributed by atoms with Crippen LogP contribution in [0, 0.1) is 23.1 Å². The molecule has 10 heteroatoms. The Morgan fingerprint density at radius 1 is 1.02 bits per heavy atom. The fourth-order valence-corrected chi connectivity index (χ4v) is 6.71. The fraction of sp³-hybridized carbons (Fsp3) is 0.562. The molecule has 0 radical (unpaired) electrons. The Kier molecular flexibility index (Phi) is 7.73. The lowest BCUT2D eigenvalue weighted by atomic mass is 9.87. The maximum atomic E-state index is 15.8. The van der Waals surface area contributed by atoms with Gasteiger partial charge in [-0.05, 0) is 77.1 Å². The number of hydrogen-bond acceptors (Lipinski definition) is 6. The van der Waals surface area contributed by atoms with Crippen molar-refractivity contribution >= 4 is 16.9 Å². The Morgan fingerprint density at radius 2 is 1.76 bits per heavy atom. The van der Waals surface area contributed by atoms with Crippen LogP contribution in [-0.2, 0) is 17.9 Å². The van der Waals surface area contributed by atoms with Crippen LogP contribution in [0.3, 0.4) is 0 Å². The lowest BCUT2D eigenvalue weighted by molar-refractivity contribution is -0.0401. The zero-order valence-corrected chi connectivity index (χ0v) is 24.0. The van der Waals surface area contributed by atoms with Crippen molar-refractivity contribution in [3.05, 3.63) is 63.5 Å². The standard InChI is InChI=1S/C32H37F3N6O/c1-21-23-7-6-8-25(27(23)33)32(34,35)18-22-9-15-40(16-10-22)13-4-2-3-5-14-41-29-24(28(39-21)37-20-38-29)17-26(30(41)42)31(19-36)11-12-31/h6-8,17,20-22H,2-5,9-16,18H2,1H3,(H,37,38,39)/t21-/m1/s1. The van der Waals surface area contributed by atoms with Crippen LogP contribution in [0.2, 0.25) is 0 Å². The Morgan fingerprint density at radius 3 is 2.48 bits per heavy atom. The van der Waals surface area contributed by atoms with Gasteiger partial charge < -0.3 is 10.2 Å². The van der Waals surface area contributed by atoms with Crippen LogP contribution < -0.4 is 10.9 Å². The first-order chi connectivity index (χ1) is 20.2. The number of anilines is 1. The molecule has 4 aliphatic rings. The molecule has 2 fully saturated rings. The second kappa shape index (κ2) is 11.3. The molecule has 3 aliphatic heterocycles. The zero-order valence-electron chi connectivity index (χ0n) is 24.0. The summed E-state index contributed by atoms with van der Waals surface area (Å²) < 4.78 is 48.6. The summed E-state index contributed by atoms with van der Waals surface area (Å²) in [6.45, 7) is 4.64. The van der Waals surface area contributed by atoms with Crippen molar-refractivity contribution in [1.82, 2.24) is 19.4 Å². The normalized spacial score (nSPS) is 25.7. The molecular formula is C32H37F3N6O. The first-order valence-electron chi connectivity index (χ1n) is 15.2. The quantitative estimate of drug-likeness (QED) is 0.358. The molecule has 1 atom stereocenters. The maximum Gasteiger partial charge on any atom is 0.276 e. The average molecular weight is 579 g/mol. The predicted molar refractivity (Wildman–Crippen MR) is 155 cm³/mol. The predicted octanol–water partition coefficient (Wildman–Crippen LogP) is 6.43. The Hall–Kier alpha value is -3.45. The van der Waals surface area contributed by atoms with Crippen LogP contribution in [0.15, 0.2) is 35.4 Å². The molecule has 0 amide bonds. The summed E-state index contributed by atoms with van der Waals surface area (Å²) in [5.41, 5.74) is -0.618. The Bertz CT molecular complexity index is 1570. The van der Waals surface area contributed by atoms with Gasteiger partial charge in [-0.15, -0.1) is 0 Å². The van der Waals surface area contributed by atoms with E-state index in [1.54, 1.807) is 17.6 Å². The number of piperidine rings is 1. The molecule has 1 aromatic carbocycles. The van der Waals surface area contributed by atoms with Crippen molar-refractivity contribution in [3.8, 4) is 6.07 Å². The van der Waals surface area contributed by atoms with Crippen LogP contribution in [0.25, 0.3) is 11.0 Å². The number of halogens is 3. The van der Waals surface area contributed by atoms with Crippen LogP contribution in [-0.4, -0.2) is 39.1 Å². The van der Waals surface area contributed by atoms with Crippen LogP contribution >= 0.6 is 0 Å². The first kappa shape index (κ1) is 28.7. The minimum absolute atomic E-state index is 0.115. The number of alkyl halides is 2. The molecule has 1 N–H and O–H groups in total. The SMILES string of the molecule is C[C@H]1Nc2ncnc3c2cc(C2(C#N)CC2)c(=O)n3CCCCCCN2CCC(CC2)CC(F)(F)c2cccc1c2F. The molecule has 222 valence electrons. The highest BCUT2D eigenvalue weighted by atomic mass is 19.3. The molecule has 8 bridgehead atoms. The number of aryl methyl sites for hydroxylation is 1. The number of nitriles is 1. The van der Waals surface area contributed by atoms with E-state index in [0.29, 0.717) is 54.6 Å². The third-order valence-corrected chi connectivity index (χ3v) is 9.46. The highest BCUT2D eigenvalue weighted by Crippen LogP contribution is 2.47. The number of pyridine rings is 1. The number of rotatable bonds is 1. The van der Waals surface area contributed by atoms with Crippen molar-refractivity contribution in [3.63, 3.8) is 0 Å². The van der Waals surface area contributed by atoms with Crippen molar-refractivity contribution < 1.29 is 13.2 Å². The van der Waals surface area contributed by atoms with E-state index in [2.05, 4.69) is 26.3 Å². The van der Waals surface area contributed by atoms with E-state index in [9.17, 15) is 10.1 Å². The molecule has 0 unspecified atom stereocenters. The molecule has 3 aromatic rings. The van der Waals surface area contributed by atoms with Gasteiger partial charge in [-0.1, -0.05) is 31.0 Å². The van der Waals surface area contributed by atoms with Gasteiger partial charge in [0.2, 0.25) is 0 Å². The smallest absolute Gasteiger partial charge is 0.276 e. The van der Waals surface area contributed by atoms with Gasteiger partial charge in [0.15, 0.2) is 0 Å². The van der Waals surface area contributed by atoms with Gasteiger partial charge in [0, 0.05) is 24.1 Å². The van der Waals surface area contributed by atoms with E-state index in [4.69, 9.17) is 0 Å². The lowest BCUT2D eigenvalue weighted by Gasteiger charge is -2.34. The number of aromatic nitrogens is 3. The van der Waals surface area contributed by atoms with E-state index < -0.39 is 28.8 Å². The Balaban J connectivity index is 1.42. The Labute approximate surface area is 243 Å². The van der Waals surface area contributed by atoms with Crippen LogP contribution in [0.4, 0.5) is 19.0 Å². The zero-order chi connectivity index (χ0) is 29.5. The van der Waals surface area contributed by atoms with Crippen molar-refractivity contribution in [2.45, 2.75) is 88.6 Å². The van der Waals surface area contributed by atoms with Gasteiger partial charge in [0.25, 0.3) is 11.5 Å². The van der Waals surface area contributed by atoms with E-state index in [1.165, 1.54) is 24.5 Å².